The van der Waals surface area contributed by atoms with Crippen LogP contribution in [0.3, 0.4) is 0 Å². The van der Waals surface area contributed by atoms with E-state index in [0.29, 0.717) is 19.6 Å². The molecule has 0 bridgehead atoms. The number of aromatic nitrogens is 2. The molecule has 158 valence electrons. The molecule has 1 N–H and O–H groups in total. The van der Waals surface area contributed by atoms with E-state index < -0.39 is 25.8 Å². The van der Waals surface area contributed by atoms with Gasteiger partial charge in [-0.2, -0.15) is 0 Å². The minimum Gasteiger partial charge on any atom is -0.414 e. The quantitative estimate of drug-likeness (QED) is 0.290. The summed E-state index contributed by atoms with van der Waals surface area (Å²) in [5.74, 6) is 0. The van der Waals surface area contributed by atoms with Gasteiger partial charge in [0.2, 0.25) is 0 Å². The summed E-state index contributed by atoms with van der Waals surface area (Å²) in [5.41, 5.74) is -0.951. The van der Waals surface area contributed by atoms with Crippen LogP contribution in [0.5, 0.6) is 0 Å². The highest BCUT2D eigenvalue weighted by Gasteiger charge is 2.42. The lowest BCUT2D eigenvalue weighted by Crippen LogP contribution is -2.44. The number of rotatable bonds is 9. The summed E-state index contributed by atoms with van der Waals surface area (Å²) in [5, 5.41) is 0.0737. The lowest BCUT2D eigenvalue weighted by Gasteiger charge is -2.37. The average Bonchev–Trinajstić information content (AvgIpc) is 2.99. The van der Waals surface area contributed by atoms with Crippen molar-refractivity contribution in [2.45, 2.75) is 63.8 Å². The topological polar surface area (TPSA) is 91.8 Å². The van der Waals surface area contributed by atoms with Gasteiger partial charge >= 0.3 is 5.69 Å². The Morgan fingerprint density at radius 2 is 2.11 bits per heavy atom. The number of hydrogen-bond acceptors (Lipinski definition) is 6. The Kier molecular flexibility index (Phi) is 7.57. The summed E-state index contributed by atoms with van der Waals surface area (Å²) < 4.78 is 24.9. The first kappa shape index (κ1) is 22.8. The van der Waals surface area contributed by atoms with Crippen molar-refractivity contribution in [3.8, 4) is 0 Å². The van der Waals surface area contributed by atoms with Gasteiger partial charge in [-0.15, -0.1) is 6.58 Å². The summed E-state index contributed by atoms with van der Waals surface area (Å²) in [6.07, 6.45) is 2.36. The predicted molar refractivity (Wildman–Crippen MR) is 109 cm³/mol. The van der Waals surface area contributed by atoms with E-state index in [1.807, 2.05) is 0 Å². The van der Waals surface area contributed by atoms with Gasteiger partial charge in [-0.05, 0) is 18.1 Å². The van der Waals surface area contributed by atoms with Gasteiger partial charge in [-0.3, -0.25) is 14.3 Å². The molecule has 0 spiro atoms. The van der Waals surface area contributed by atoms with Crippen LogP contribution in [0.15, 0.2) is 34.5 Å². The van der Waals surface area contributed by atoms with Crippen molar-refractivity contribution in [2.75, 3.05) is 20.0 Å². The molecule has 1 aliphatic rings. The SMILES string of the molecule is C=CCOCO[C@H]1C[C@H](n2ccc(=O)[nH]c2=O)O[C@@H]1CO[Si](C)(C)C(C)(C)C. The van der Waals surface area contributed by atoms with E-state index in [0.717, 1.165) is 0 Å². The highest BCUT2D eigenvalue weighted by atomic mass is 28.4. The van der Waals surface area contributed by atoms with Crippen LogP contribution in [0.4, 0.5) is 0 Å². The van der Waals surface area contributed by atoms with E-state index in [1.54, 1.807) is 6.08 Å². The Bertz CT molecular complexity index is 767. The van der Waals surface area contributed by atoms with Gasteiger partial charge in [-0.25, -0.2) is 4.79 Å². The number of aromatic amines is 1. The molecule has 0 aromatic carbocycles. The van der Waals surface area contributed by atoms with Crippen LogP contribution in [0.1, 0.15) is 33.4 Å². The monoisotopic (exact) mass is 412 g/mol. The smallest absolute Gasteiger partial charge is 0.330 e. The van der Waals surface area contributed by atoms with Gasteiger partial charge in [-0.1, -0.05) is 26.8 Å². The van der Waals surface area contributed by atoms with E-state index >= 15 is 0 Å². The predicted octanol–water partition coefficient (Wildman–Crippen LogP) is 2.39. The fourth-order valence-electron chi connectivity index (χ4n) is 2.62. The van der Waals surface area contributed by atoms with Crippen molar-refractivity contribution < 1.29 is 18.6 Å². The van der Waals surface area contributed by atoms with Crippen LogP contribution in [0.25, 0.3) is 0 Å². The summed E-state index contributed by atoms with van der Waals surface area (Å²) >= 11 is 0. The number of ether oxygens (including phenoxy) is 3. The third-order valence-electron chi connectivity index (χ3n) is 5.36. The molecule has 3 atom stereocenters. The maximum absolute atomic E-state index is 12.1. The van der Waals surface area contributed by atoms with Crippen molar-refractivity contribution in [2.24, 2.45) is 0 Å². The van der Waals surface area contributed by atoms with Crippen LogP contribution in [0.2, 0.25) is 18.1 Å². The van der Waals surface area contributed by atoms with Gasteiger partial charge in [0.05, 0.1) is 19.3 Å². The van der Waals surface area contributed by atoms with E-state index in [2.05, 4.69) is 45.4 Å². The van der Waals surface area contributed by atoms with Crippen molar-refractivity contribution >= 4 is 8.32 Å². The standard InChI is InChI=1S/C19H32N2O6Si/c1-7-10-24-13-25-14-11-17(21-9-8-16(22)20-18(21)23)27-15(14)12-26-28(5,6)19(2,3)4/h7-9,14-15,17H,1,10-13H2,2-6H3,(H,20,22,23)/t14-,15+,17+/m0/s1. The van der Waals surface area contributed by atoms with E-state index in [4.69, 9.17) is 18.6 Å². The third kappa shape index (κ3) is 5.74. The molecule has 9 heteroatoms. The molecular formula is C19H32N2O6Si. The Balaban J connectivity index is 2.11. The summed E-state index contributed by atoms with van der Waals surface area (Å²) in [6.45, 7) is 15.3. The Morgan fingerprint density at radius 1 is 1.39 bits per heavy atom. The maximum atomic E-state index is 12.1. The first-order valence-corrected chi connectivity index (χ1v) is 12.4. The molecule has 2 heterocycles. The minimum absolute atomic E-state index is 0.0737. The number of H-pyrrole nitrogens is 1. The van der Waals surface area contributed by atoms with E-state index in [1.165, 1.54) is 16.8 Å². The van der Waals surface area contributed by atoms with Crippen molar-refractivity contribution in [3.63, 3.8) is 0 Å². The lowest BCUT2D eigenvalue weighted by molar-refractivity contribution is -0.112. The van der Waals surface area contributed by atoms with Crippen molar-refractivity contribution in [1.29, 1.82) is 0 Å². The molecule has 8 nitrogen and oxygen atoms in total. The minimum atomic E-state index is -1.96. The molecule has 1 aromatic heterocycles. The lowest BCUT2D eigenvalue weighted by atomic mass is 10.2. The second-order valence-electron chi connectivity index (χ2n) is 8.44. The first-order chi connectivity index (χ1) is 13.0. The first-order valence-electron chi connectivity index (χ1n) is 9.46. The molecular weight excluding hydrogens is 380 g/mol. The zero-order valence-corrected chi connectivity index (χ0v) is 18.4. The maximum Gasteiger partial charge on any atom is 0.330 e. The highest BCUT2D eigenvalue weighted by molar-refractivity contribution is 6.74. The van der Waals surface area contributed by atoms with E-state index in [9.17, 15) is 9.59 Å². The molecule has 1 saturated heterocycles. The number of nitrogens with one attached hydrogen (secondary N) is 1. The van der Waals surface area contributed by atoms with Gasteiger partial charge < -0.3 is 18.6 Å². The van der Waals surface area contributed by atoms with Crippen molar-refractivity contribution in [3.05, 3.63) is 45.8 Å². The fourth-order valence-corrected chi connectivity index (χ4v) is 3.64. The van der Waals surface area contributed by atoms with Crippen molar-refractivity contribution in [1.82, 2.24) is 9.55 Å². The zero-order chi connectivity index (χ0) is 20.9. The summed E-state index contributed by atoms with van der Waals surface area (Å²) in [4.78, 5) is 25.7. The Morgan fingerprint density at radius 3 is 2.71 bits per heavy atom. The van der Waals surface area contributed by atoms with Crippen LogP contribution in [-0.2, 0) is 18.6 Å². The van der Waals surface area contributed by atoms with Crippen LogP contribution in [0, 0.1) is 0 Å². The fraction of sp³-hybridized carbons (Fsp3) is 0.684. The number of nitrogens with zero attached hydrogens (tertiary/aromatic N) is 1. The molecule has 0 aliphatic carbocycles. The molecule has 0 radical (unpaired) electrons. The molecule has 0 amide bonds. The highest BCUT2D eigenvalue weighted by Crippen LogP contribution is 2.38. The Labute approximate surface area is 166 Å². The summed E-state index contributed by atoms with van der Waals surface area (Å²) in [6, 6.07) is 1.30. The molecule has 0 unspecified atom stereocenters. The van der Waals surface area contributed by atoms with Gasteiger partial charge in [0.25, 0.3) is 5.56 Å². The second-order valence-corrected chi connectivity index (χ2v) is 13.2. The molecule has 1 fully saturated rings. The molecule has 1 aliphatic heterocycles. The molecule has 0 saturated carbocycles. The molecule has 1 aromatic rings. The second kappa shape index (κ2) is 9.32. The van der Waals surface area contributed by atoms with Gasteiger partial charge in [0.15, 0.2) is 8.32 Å². The van der Waals surface area contributed by atoms with Crippen LogP contribution >= 0.6 is 0 Å². The van der Waals surface area contributed by atoms with Gasteiger partial charge in [0, 0.05) is 18.7 Å². The summed E-state index contributed by atoms with van der Waals surface area (Å²) in [7, 11) is -1.96. The number of hydrogen-bond donors (Lipinski definition) is 1. The normalized spacial score (nSPS) is 23.1. The van der Waals surface area contributed by atoms with Gasteiger partial charge in [0.1, 0.15) is 19.1 Å². The third-order valence-corrected chi connectivity index (χ3v) is 9.86. The van der Waals surface area contributed by atoms with Crippen LogP contribution < -0.4 is 11.2 Å². The Hall–Kier alpha value is -1.52. The largest absolute Gasteiger partial charge is 0.414 e. The molecule has 2 rings (SSSR count). The van der Waals surface area contributed by atoms with E-state index in [-0.39, 0.29) is 24.0 Å². The average molecular weight is 413 g/mol. The zero-order valence-electron chi connectivity index (χ0n) is 17.4. The molecule has 28 heavy (non-hydrogen) atoms. The van der Waals surface area contributed by atoms with Crippen LogP contribution in [-0.4, -0.2) is 50.1 Å².